The lowest BCUT2D eigenvalue weighted by Crippen LogP contribution is -2.14. The van der Waals surface area contributed by atoms with E-state index in [4.69, 9.17) is 0 Å². The van der Waals surface area contributed by atoms with E-state index in [1.54, 1.807) is 23.5 Å². The Morgan fingerprint density at radius 2 is 1.73 bits per heavy atom. The average molecular weight is 390 g/mol. The van der Waals surface area contributed by atoms with Gasteiger partial charge in [-0.1, -0.05) is 6.07 Å². The second-order valence-electron chi connectivity index (χ2n) is 6.60. The first-order valence-corrected chi connectivity index (χ1v) is 10.6. The summed E-state index contributed by atoms with van der Waals surface area (Å²) in [5.74, 6) is 0. The van der Waals surface area contributed by atoms with Gasteiger partial charge < -0.3 is 4.57 Å². The molecule has 2 aromatic heterocycles. The number of anilines is 1. The summed E-state index contributed by atoms with van der Waals surface area (Å²) in [5, 5.41) is 0.832. The fraction of sp³-hybridized carbons (Fsp3) is 0.316. The molecule has 7 heteroatoms. The number of benzene rings is 1. The monoisotopic (exact) mass is 389 g/mol. The highest BCUT2D eigenvalue weighted by Gasteiger charge is 2.24. The van der Waals surface area contributed by atoms with Crippen molar-refractivity contribution in [3.05, 3.63) is 51.7 Å². The van der Waals surface area contributed by atoms with E-state index >= 15 is 0 Å². The Bertz CT molecular complexity index is 1070. The average Bonchev–Trinajstić information content (AvgIpc) is 3.04. The van der Waals surface area contributed by atoms with Crippen LogP contribution in [0.2, 0.25) is 0 Å². The molecule has 3 rings (SSSR count). The third-order valence-corrected chi connectivity index (χ3v) is 7.38. The first-order chi connectivity index (χ1) is 12.1. The molecule has 0 aliphatic carbocycles. The molecule has 1 N–H and O–H groups in total. The van der Waals surface area contributed by atoms with Crippen LogP contribution < -0.4 is 4.72 Å². The van der Waals surface area contributed by atoms with E-state index in [0.717, 1.165) is 32.4 Å². The maximum absolute atomic E-state index is 12.9. The minimum Gasteiger partial charge on any atom is -0.345 e. The Labute approximate surface area is 158 Å². The van der Waals surface area contributed by atoms with Crippen LogP contribution in [0.25, 0.3) is 10.7 Å². The lowest BCUT2D eigenvalue weighted by molar-refractivity contribution is 0.600. The molecule has 0 spiro atoms. The quantitative estimate of drug-likeness (QED) is 0.715. The lowest BCUT2D eigenvalue weighted by atomic mass is 10.1. The molecule has 0 saturated heterocycles. The molecule has 0 aliphatic rings. The second-order valence-corrected chi connectivity index (χ2v) is 9.46. The summed E-state index contributed by atoms with van der Waals surface area (Å²) in [6, 6.07) is 7.25. The van der Waals surface area contributed by atoms with Gasteiger partial charge in [0.05, 0.1) is 11.4 Å². The van der Waals surface area contributed by atoms with Crippen LogP contribution in [0.4, 0.5) is 5.69 Å². The second kappa shape index (κ2) is 6.55. The van der Waals surface area contributed by atoms with Crippen molar-refractivity contribution >= 4 is 27.0 Å². The van der Waals surface area contributed by atoms with Gasteiger partial charge >= 0.3 is 0 Å². The summed E-state index contributed by atoms with van der Waals surface area (Å²) < 4.78 is 30.5. The number of thiazole rings is 1. The van der Waals surface area contributed by atoms with Gasteiger partial charge in [0, 0.05) is 23.3 Å². The molecular formula is C19H23N3O2S2. The smallest absolute Gasteiger partial charge is 0.263 e. The molecule has 3 aromatic rings. The number of rotatable bonds is 4. The zero-order chi connectivity index (χ0) is 19.2. The van der Waals surface area contributed by atoms with E-state index in [1.807, 2.05) is 58.4 Å². The van der Waals surface area contributed by atoms with Crippen molar-refractivity contribution in [1.29, 1.82) is 0 Å². The fourth-order valence-corrected chi connectivity index (χ4v) is 5.05. The first kappa shape index (κ1) is 18.7. The number of nitrogens with zero attached hydrogens (tertiary/aromatic N) is 2. The zero-order valence-corrected chi connectivity index (χ0v) is 17.5. The van der Waals surface area contributed by atoms with Gasteiger partial charge in [0.1, 0.15) is 9.90 Å². The van der Waals surface area contributed by atoms with E-state index < -0.39 is 10.0 Å². The van der Waals surface area contributed by atoms with Crippen LogP contribution in [0.1, 0.15) is 27.4 Å². The van der Waals surface area contributed by atoms with Crippen molar-refractivity contribution in [3.8, 4) is 10.7 Å². The molecule has 0 atom stereocenters. The van der Waals surface area contributed by atoms with Crippen LogP contribution in [-0.2, 0) is 17.1 Å². The third-order valence-electron chi connectivity index (χ3n) is 4.79. The number of aromatic nitrogens is 2. The third kappa shape index (κ3) is 3.29. The van der Waals surface area contributed by atoms with Gasteiger partial charge in [-0.3, -0.25) is 4.72 Å². The Morgan fingerprint density at radius 1 is 1.04 bits per heavy atom. The summed E-state index contributed by atoms with van der Waals surface area (Å²) in [7, 11) is -1.81. The SMILES string of the molecule is Cc1ccc(NS(=O)(=O)c2cc(-c3nc(C)c(C)s3)n(C)c2C)cc1C. The fourth-order valence-electron chi connectivity index (χ4n) is 2.75. The van der Waals surface area contributed by atoms with Gasteiger partial charge in [-0.2, -0.15) is 0 Å². The Morgan fingerprint density at radius 3 is 2.31 bits per heavy atom. The van der Waals surface area contributed by atoms with E-state index in [1.165, 1.54) is 0 Å². The van der Waals surface area contributed by atoms with Gasteiger partial charge in [-0.15, -0.1) is 11.3 Å². The standard InChI is InChI=1S/C19H23N3O2S2/c1-11-7-8-16(9-12(11)2)21-26(23,24)18-10-17(22(6)14(18)4)19-20-13(3)15(5)25-19/h7-10,21H,1-6H3. The summed E-state index contributed by atoms with van der Waals surface area (Å²) in [5.41, 5.74) is 5.21. The molecule has 0 saturated carbocycles. The highest BCUT2D eigenvalue weighted by molar-refractivity contribution is 7.92. The van der Waals surface area contributed by atoms with Crippen LogP contribution in [0.15, 0.2) is 29.2 Å². The van der Waals surface area contributed by atoms with Crippen molar-refractivity contribution in [1.82, 2.24) is 9.55 Å². The molecule has 0 radical (unpaired) electrons. The molecule has 26 heavy (non-hydrogen) atoms. The van der Waals surface area contributed by atoms with Crippen molar-refractivity contribution in [2.45, 2.75) is 39.5 Å². The number of aryl methyl sites for hydroxylation is 4. The molecule has 0 amide bonds. The molecule has 138 valence electrons. The van der Waals surface area contributed by atoms with Crippen molar-refractivity contribution in [2.24, 2.45) is 7.05 Å². The van der Waals surface area contributed by atoms with Gasteiger partial charge in [0.25, 0.3) is 10.0 Å². The predicted octanol–water partition coefficient (Wildman–Crippen LogP) is 4.49. The van der Waals surface area contributed by atoms with Crippen LogP contribution in [-0.4, -0.2) is 18.0 Å². The van der Waals surface area contributed by atoms with Crippen LogP contribution in [0.3, 0.4) is 0 Å². The normalized spacial score (nSPS) is 11.8. The maximum atomic E-state index is 12.9. The van der Waals surface area contributed by atoms with Crippen LogP contribution in [0, 0.1) is 34.6 Å². The van der Waals surface area contributed by atoms with E-state index in [9.17, 15) is 8.42 Å². The molecule has 2 heterocycles. The van der Waals surface area contributed by atoms with Crippen LogP contribution in [0.5, 0.6) is 0 Å². The number of hydrogen-bond acceptors (Lipinski definition) is 4. The zero-order valence-electron chi connectivity index (χ0n) is 15.8. The van der Waals surface area contributed by atoms with E-state index in [0.29, 0.717) is 11.4 Å². The van der Waals surface area contributed by atoms with Crippen molar-refractivity contribution in [2.75, 3.05) is 4.72 Å². The minimum atomic E-state index is -3.68. The number of nitrogens with one attached hydrogen (secondary N) is 1. The summed E-state index contributed by atoms with van der Waals surface area (Å²) in [6.45, 7) is 9.76. The van der Waals surface area contributed by atoms with Crippen molar-refractivity contribution < 1.29 is 8.42 Å². The summed E-state index contributed by atoms with van der Waals surface area (Å²) in [4.78, 5) is 5.98. The van der Waals surface area contributed by atoms with Gasteiger partial charge in [0.15, 0.2) is 0 Å². The van der Waals surface area contributed by atoms with Crippen molar-refractivity contribution in [3.63, 3.8) is 0 Å². The Kier molecular flexibility index (Phi) is 4.71. The molecule has 5 nitrogen and oxygen atoms in total. The summed E-state index contributed by atoms with van der Waals surface area (Å²) in [6.07, 6.45) is 0. The Balaban J connectivity index is 2.02. The number of sulfonamides is 1. The number of hydrogen-bond donors (Lipinski definition) is 1. The molecule has 0 unspecified atom stereocenters. The van der Waals surface area contributed by atoms with Gasteiger partial charge in [-0.05, 0) is 63.9 Å². The molecular weight excluding hydrogens is 366 g/mol. The van der Waals surface area contributed by atoms with E-state index in [2.05, 4.69) is 9.71 Å². The summed E-state index contributed by atoms with van der Waals surface area (Å²) >= 11 is 1.57. The molecule has 0 aliphatic heterocycles. The molecule has 0 fully saturated rings. The van der Waals surface area contributed by atoms with Gasteiger partial charge in [-0.25, -0.2) is 13.4 Å². The largest absolute Gasteiger partial charge is 0.345 e. The highest BCUT2D eigenvalue weighted by atomic mass is 32.2. The van der Waals surface area contributed by atoms with Gasteiger partial charge in [0.2, 0.25) is 0 Å². The Hall–Kier alpha value is -2.12. The molecule has 0 bridgehead atoms. The predicted molar refractivity (Wildman–Crippen MR) is 107 cm³/mol. The molecule has 1 aromatic carbocycles. The minimum absolute atomic E-state index is 0.277. The maximum Gasteiger partial charge on any atom is 0.263 e. The topological polar surface area (TPSA) is 64.0 Å². The highest BCUT2D eigenvalue weighted by Crippen LogP contribution is 2.32. The lowest BCUT2D eigenvalue weighted by Gasteiger charge is -2.10. The first-order valence-electron chi connectivity index (χ1n) is 8.31. The van der Waals surface area contributed by atoms with Crippen LogP contribution >= 0.6 is 11.3 Å². The van der Waals surface area contributed by atoms with E-state index in [-0.39, 0.29) is 4.90 Å².